The van der Waals surface area contributed by atoms with E-state index in [2.05, 4.69) is 15.4 Å². The van der Waals surface area contributed by atoms with Gasteiger partial charge in [0.15, 0.2) is 0 Å². The van der Waals surface area contributed by atoms with E-state index in [1.54, 1.807) is 62.4 Å². The molecular formula is C19H19N5O3. The molecule has 0 aliphatic heterocycles. The van der Waals surface area contributed by atoms with Crippen molar-refractivity contribution in [1.29, 1.82) is 0 Å². The van der Waals surface area contributed by atoms with Gasteiger partial charge in [0.1, 0.15) is 0 Å². The number of carbonyl (C=O) groups excluding carboxylic acids is 2. The van der Waals surface area contributed by atoms with Gasteiger partial charge < -0.3 is 10.5 Å². The van der Waals surface area contributed by atoms with Crippen LogP contribution in [0.5, 0.6) is 0 Å². The Hall–Kier alpha value is -3.55. The minimum Gasteiger partial charge on any atom is -0.459 e. The Balaban J connectivity index is 1.75. The number of carbonyl (C=O) groups is 2. The molecule has 3 aromatic rings. The van der Waals surface area contributed by atoms with Crippen molar-refractivity contribution in [3.05, 3.63) is 65.2 Å². The van der Waals surface area contributed by atoms with Crippen LogP contribution in [0, 0.1) is 0 Å². The van der Waals surface area contributed by atoms with E-state index in [0.717, 1.165) is 5.56 Å². The zero-order valence-corrected chi connectivity index (χ0v) is 15.0. The Morgan fingerprint density at radius 2 is 1.85 bits per heavy atom. The molecule has 2 N–H and O–H groups in total. The number of rotatable bonds is 6. The molecule has 0 bridgehead atoms. The SMILES string of the molecule is CC(C)OC(=O)c1cccc(-c2nnn(Cc3ccc(C(N)=O)cc3)n2)c1. The summed E-state index contributed by atoms with van der Waals surface area (Å²) in [5.41, 5.74) is 7.67. The number of aromatic nitrogens is 4. The van der Waals surface area contributed by atoms with E-state index in [4.69, 9.17) is 10.5 Å². The maximum Gasteiger partial charge on any atom is 0.338 e. The van der Waals surface area contributed by atoms with Gasteiger partial charge in [-0.15, -0.1) is 10.2 Å². The van der Waals surface area contributed by atoms with Gasteiger partial charge in [-0.05, 0) is 48.9 Å². The number of tetrazole rings is 1. The molecule has 3 rings (SSSR count). The molecule has 27 heavy (non-hydrogen) atoms. The molecule has 0 aliphatic carbocycles. The number of esters is 1. The molecule has 138 valence electrons. The number of hydrogen-bond acceptors (Lipinski definition) is 6. The topological polar surface area (TPSA) is 113 Å². The van der Waals surface area contributed by atoms with Crippen molar-refractivity contribution >= 4 is 11.9 Å². The number of nitrogens with two attached hydrogens (primary N) is 1. The molecule has 1 aromatic heterocycles. The van der Waals surface area contributed by atoms with Gasteiger partial charge in [0.2, 0.25) is 11.7 Å². The van der Waals surface area contributed by atoms with Crippen LogP contribution >= 0.6 is 0 Å². The molecule has 8 heteroatoms. The average molecular weight is 365 g/mol. The highest BCUT2D eigenvalue weighted by atomic mass is 16.5. The van der Waals surface area contributed by atoms with E-state index in [0.29, 0.717) is 29.1 Å². The van der Waals surface area contributed by atoms with E-state index >= 15 is 0 Å². The molecule has 0 unspecified atom stereocenters. The highest BCUT2D eigenvalue weighted by molar-refractivity contribution is 5.92. The first kappa shape index (κ1) is 18.2. The molecule has 1 amide bonds. The van der Waals surface area contributed by atoms with Crippen LogP contribution in [0.1, 0.15) is 40.1 Å². The lowest BCUT2D eigenvalue weighted by Gasteiger charge is -2.08. The van der Waals surface area contributed by atoms with E-state index < -0.39 is 11.9 Å². The predicted octanol–water partition coefficient (Wildman–Crippen LogP) is 2.05. The van der Waals surface area contributed by atoms with Gasteiger partial charge in [0.05, 0.1) is 18.2 Å². The third-order valence-electron chi connectivity index (χ3n) is 3.71. The summed E-state index contributed by atoms with van der Waals surface area (Å²) in [6.07, 6.45) is -0.193. The highest BCUT2D eigenvalue weighted by Gasteiger charge is 2.13. The average Bonchev–Trinajstić information content (AvgIpc) is 3.10. The molecule has 0 fully saturated rings. The van der Waals surface area contributed by atoms with Crippen LogP contribution in [0.4, 0.5) is 0 Å². The van der Waals surface area contributed by atoms with Crippen molar-refractivity contribution in [3.63, 3.8) is 0 Å². The first-order valence-electron chi connectivity index (χ1n) is 8.40. The second-order valence-electron chi connectivity index (χ2n) is 6.24. The summed E-state index contributed by atoms with van der Waals surface area (Å²) < 4.78 is 5.20. The van der Waals surface area contributed by atoms with Crippen molar-refractivity contribution in [2.75, 3.05) is 0 Å². The third-order valence-corrected chi connectivity index (χ3v) is 3.71. The molecule has 0 atom stereocenters. The highest BCUT2D eigenvalue weighted by Crippen LogP contribution is 2.17. The van der Waals surface area contributed by atoms with Crippen LogP contribution in [0.25, 0.3) is 11.4 Å². The normalized spacial score (nSPS) is 10.8. The second-order valence-corrected chi connectivity index (χ2v) is 6.24. The lowest BCUT2D eigenvalue weighted by molar-refractivity contribution is 0.0378. The number of amides is 1. The quantitative estimate of drug-likeness (QED) is 0.669. The van der Waals surface area contributed by atoms with Crippen molar-refractivity contribution in [2.24, 2.45) is 5.73 Å². The monoisotopic (exact) mass is 365 g/mol. The van der Waals surface area contributed by atoms with Crippen molar-refractivity contribution in [1.82, 2.24) is 20.2 Å². The first-order chi connectivity index (χ1) is 12.9. The van der Waals surface area contributed by atoms with E-state index in [9.17, 15) is 9.59 Å². The van der Waals surface area contributed by atoms with Crippen LogP contribution in [-0.2, 0) is 11.3 Å². The maximum atomic E-state index is 12.0. The van der Waals surface area contributed by atoms with Gasteiger partial charge >= 0.3 is 5.97 Å². The zero-order chi connectivity index (χ0) is 19.4. The second kappa shape index (κ2) is 7.77. The molecule has 8 nitrogen and oxygen atoms in total. The van der Waals surface area contributed by atoms with Crippen LogP contribution in [-0.4, -0.2) is 38.2 Å². The van der Waals surface area contributed by atoms with Crippen LogP contribution < -0.4 is 5.73 Å². The molecular weight excluding hydrogens is 346 g/mol. The number of ether oxygens (including phenoxy) is 1. The summed E-state index contributed by atoms with van der Waals surface area (Å²) in [6.45, 7) is 3.98. The van der Waals surface area contributed by atoms with Gasteiger partial charge in [-0.3, -0.25) is 4.79 Å². The van der Waals surface area contributed by atoms with Crippen molar-refractivity contribution in [3.8, 4) is 11.4 Å². The summed E-state index contributed by atoms with van der Waals surface area (Å²) in [4.78, 5) is 24.6. The summed E-state index contributed by atoms with van der Waals surface area (Å²) >= 11 is 0. The Kier molecular flexibility index (Phi) is 5.25. The lowest BCUT2D eigenvalue weighted by Crippen LogP contribution is -2.11. The molecule has 0 saturated carbocycles. The Morgan fingerprint density at radius 1 is 1.11 bits per heavy atom. The van der Waals surface area contributed by atoms with Crippen molar-refractivity contribution in [2.45, 2.75) is 26.5 Å². The van der Waals surface area contributed by atoms with Crippen LogP contribution in [0.3, 0.4) is 0 Å². The standard InChI is InChI=1S/C19H19N5O3/c1-12(2)27-19(26)16-5-3-4-15(10-16)18-21-23-24(22-18)11-13-6-8-14(9-7-13)17(20)25/h3-10,12H,11H2,1-2H3,(H2,20,25). The van der Waals surface area contributed by atoms with E-state index in [-0.39, 0.29) is 6.10 Å². The third kappa shape index (κ3) is 4.55. The Bertz CT molecular complexity index is 963. The number of primary amides is 1. The molecule has 1 heterocycles. The van der Waals surface area contributed by atoms with Crippen molar-refractivity contribution < 1.29 is 14.3 Å². The van der Waals surface area contributed by atoms with Gasteiger partial charge in [0, 0.05) is 11.1 Å². The van der Waals surface area contributed by atoms with Gasteiger partial charge in [-0.2, -0.15) is 4.80 Å². The Morgan fingerprint density at radius 3 is 2.52 bits per heavy atom. The summed E-state index contributed by atoms with van der Waals surface area (Å²) in [5.74, 6) is -0.463. The predicted molar refractivity (Wildman–Crippen MR) is 97.9 cm³/mol. The van der Waals surface area contributed by atoms with E-state index in [1.165, 1.54) is 4.80 Å². The van der Waals surface area contributed by atoms with Crippen LogP contribution in [0.15, 0.2) is 48.5 Å². The van der Waals surface area contributed by atoms with E-state index in [1.807, 2.05) is 0 Å². The Labute approximate surface area is 155 Å². The smallest absolute Gasteiger partial charge is 0.338 e. The fourth-order valence-corrected chi connectivity index (χ4v) is 2.43. The molecule has 0 aliphatic rings. The maximum absolute atomic E-state index is 12.0. The largest absolute Gasteiger partial charge is 0.459 e. The molecule has 2 aromatic carbocycles. The van der Waals surface area contributed by atoms with Gasteiger partial charge in [0.25, 0.3) is 0 Å². The number of nitrogens with zero attached hydrogens (tertiary/aromatic N) is 4. The number of benzene rings is 2. The fraction of sp³-hybridized carbons (Fsp3) is 0.211. The summed E-state index contributed by atoms with van der Waals surface area (Å²) in [6, 6.07) is 13.8. The lowest BCUT2D eigenvalue weighted by atomic mass is 10.1. The summed E-state index contributed by atoms with van der Waals surface area (Å²) in [5, 5.41) is 12.4. The molecule has 0 spiro atoms. The fourth-order valence-electron chi connectivity index (χ4n) is 2.43. The molecule has 0 saturated heterocycles. The zero-order valence-electron chi connectivity index (χ0n) is 15.0. The minimum atomic E-state index is -0.474. The van der Waals surface area contributed by atoms with Crippen LogP contribution in [0.2, 0.25) is 0 Å². The molecule has 0 radical (unpaired) electrons. The summed E-state index contributed by atoms with van der Waals surface area (Å²) in [7, 11) is 0. The van der Waals surface area contributed by atoms with Gasteiger partial charge in [-0.1, -0.05) is 24.3 Å². The van der Waals surface area contributed by atoms with Gasteiger partial charge in [-0.25, -0.2) is 4.79 Å². The minimum absolute atomic E-state index is 0.193. The first-order valence-corrected chi connectivity index (χ1v) is 8.40. The number of hydrogen-bond donors (Lipinski definition) is 1.